The van der Waals surface area contributed by atoms with Gasteiger partial charge in [0.25, 0.3) is 0 Å². The average Bonchev–Trinajstić information content (AvgIpc) is 2.53. The molecule has 0 atom stereocenters. The largest absolute Gasteiger partial charge is 0.481 e. The minimum atomic E-state index is -1.02. The number of hydrogen-bond acceptors (Lipinski definition) is 4. The number of amides is 1. The topological polar surface area (TPSA) is 89.9 Å². The van der Waals surface area contributed by atoms with Gasteiger partial charge in [-0.15, -0.1) is 12.4 Å². The Labute approximate surface area is 152 Å². The molecule has 0 saturated heterocycles. The van der Waals surface area contributed by atoms with E-state index in [0.29, 0.717) is 5.06 Å². The van der Waals surface area contributed by atoms with Crippen LogP contribution in [0.1, 0.15) is 77.6 Å². The van der Waals surface area contributed by atoms with Crippen LogP contribution in [-0.2, 0) is 9.59 Å². The molecule has 7 heteroatoms. The van der Waals surface area contributed by atoms with Crippen LogP contribution < -0.4 is 5.32 Å². The number of carbonyl (C=O) groups is 2. The Morgan fingerprint density at radius 1 is 0.875 bits per heavy atom. The van der Waals surface area contributed by atoms with E-state index in [1.54, 1.807) is 0 Å². The van der Waals surface area contributed by atoms with Crippen LogP contribution in [0.3, 0.4) is 0 Å². The van der Waals surface area contributed by atoms with Gasteiger partial charge in [0.2, 0.25) is 5.91 Å². The van der Waals surface area contributed by atoms with Gasteiger partial charge in [-0.3, -0.25) is 14.8 Å². The first kappa shape index (κ1) is 25.4. The van der Waals surface area contributed by atoms with Gasteiger partial charge in [-0.1, -0.05) is 45.4 Å². The maximum atomic E-state index is 11.5. The van der Waals surface area contributed by atoms with E-state index in [1.807, 2.05) is 0 Å². The number of carbonyl (C=O) groups excluding carboxylic acids is 1. The van der Waals surface area contributed by atoms with Crippen molar-refractivity contribution in [3.8, 4) is 0 Å². The highest BCUT2D eigenvalue weighted by Gasteiger charge is 2.11. The predicted octanol–water partition coefficient (Wildman–Crippen LogP) is 3.61. The molecule has 0 spiro atoms. The highest BCUT2D eigenvalue weighted by atomic mass is 35.5. The molecule has 0 aliphatic rings. The first-order valence-electron chi connectivity index (χ1n) is 8.99. The standard InChI is InChI=1S/C17H34N2O4.ClH/c1-2-3-9-13-18-14-10-7-5-4-6-8-11-16(20)19(23)15-12-17(21)22;/h18,23H,2-15H2,1H3,(H,21,22);1H. The molecule has 0 fully saturated rings. The van der Waals surface area contributed by atoms with Crippen molar-refractivity contribution in [2.24, 2.45) is 0 Å². The van der Waals surface area contributed by atoms with E-state index in [0.717, 1.165) is 32.4 Å². The van der Waals surface area contributed by atoms with Gasteiger partial charge in [0, 0.05) is 6.42 Å². The third-order valence-corrected chi connectivity index (χ3v) is 3.78. The van der Waals surface area contributed by atoms with Crippen molar-refractivity contribution in [2.75, 3.05) is 19.6 Å². The summed E-state index contributed by atoms with van der Waals surface area (Å²) in [4.78, 5) is 21.9. The number of aliphatic carboxylic acids is 1. The number of halogens is 1. The van der Waals surface area contributed by atoms with Gasteiger partial charge in [0.15, 0.2) is 0 Å². The predicted molar refractivity (Wildman–Crippen MR) is 97.7 cm³/mol. The van der Waals surface area contributed by atoms with E-state index < -0.39 is 5.97 Å². The van der Waals surface area contributed by atoms with Gasteiger partial charge >= 0.3 is 5.97 Å². The quantitative estimate of drug-likeness (QED) is 0.220. The zero-order valence-electron chi connectivity index (χ0n) is 15.0. The fourth-order valence-corrected chi connectivity index (χ4v) is 2.31. The van der Waals surface area contributed by atoms with Gasteiger partial charge in [0.05, 0.1) is 13.0 Å². The van der Waals surface area contributed by atoms with Crippen LogP contribution >= 0.6 is 12.4 Å². The number of hydroxylamine groups is 2. The number of hydrogen-bond donors (Lipinski definition) is 3. The maximum absolute atomic E-state index is 11.5. The summed E-state index contributed by atoms with van der Waals surface area (Å²) in [6.07, 6.45) is 10.3. The zero-order valence-corrected chi connectivity index (χ0v) is 15.8. The molecule has 1 amide bonds. The van der Waals surface area contributed by atoms with Gasteiger partial charge in [-0.05, 0) is 32.4 Å². The van der Waals surface area contributed by atoms with E-state index in [9.17, 15) is 14.8 Å². The van der Waals surface area contributed by atoms with Crippen LogP contribution in [0.15, 0.2) is 0 Å². The summed E-state index contributed by atoms with van der Waals surface area (Å²) >= 11 is 0. The molecular weight excluding hydrogens is 332 g/mol. The maximum Gasteiger partial charge on any atom is 0.305 e. The Morgan fingerprint density at radius 3 is 2.00 bits per heavy atom. The molecule has 6 nitrogen and oxygen atoms in total. The number of nitrogens with one attached hydrogen (secondary N) is 1. The summed E-state index contributed by atoms with van der Waals surface area (Å²) < 4.78 is 0. The summed E-state index contributed by atoms with van der Waals surface area (Å²) in [5, 5.41) is 21.8. The molecule has 144 valence electrons. The third kappa shape index (κ3) is 17.5. The first-order chi connectivity index (χ1) is 11.1. The molecular formula is C17H35ClN2O4. The van der Waals surface area contributed by atoms with Crippen molar-refractivity contribution in [3.63, 3.8) is 0 Å². The van der Waals surface area contributed by atoms with Crippen molar-refractivity contribution >= 4 is 24.3 Å². The smallest absolute Gasteiger partial charge is 0.305 e. The molecule has 3 N–H and O–H groups in total. The Balaban J connectivity index is 0. The highest BCUT2D eigenvalue weighted by molar-refractivity contribution is 5.85. The van der Waals surface area contributed by atoms with Crippen molar-refractivity contribution in [1.82, 2.24) is 10.4 Å². The lowest BCUT2D eigenvalue weighted by atomic mass is 10.1. The van der Waals surface area contributed by atoms with Crippen molar-refractivity contribution in [3.05, 3.63) is 0 Å². The van der Waals surface area contributed by atoms with Crippen LogP contribution in [0.2, 0.25) is 0 Å². The monoisotopic (exact) mass is 366 g/mol. The Hall–Kier alpha value is -0.850. The lowest BCUT2D eigenvalue weighted by molar-refractivity contribution is -0.167. The molecule has 24 heavy (non-hydrogen) atoms. The van der Waals surface area contributed by atoms with Crippen LogP contribution in [-0.4, -0.2) is 46.9 Å². The van der Waals surface area contributed by atoms with E-state index in [2.05, 4.69) is 12.2 Å². The second kappa shape index (κ2) is 18.5. The number of carboxylic acid groups (broad SMARTS) is 1. The minimum Gasteiger partial charge on any atom is -0.481 e. The lowest BCUT2D eigenvalue weighted by Crippen LogP contribution is -2.29. The summed E-state index contributed by atoms with van der Waals surface area (Å²) in [7, 11) is 0. The SMILES string of the molecule is CCCCCNCCCCCCCCC(=O)N(O)CCC(=O)O.Cl. The second-order valence-electron chi connectivity index (χ2n) is 5.99. The second-order valence-corrected chi connectivity index (χ2v) is 5.99. The van der Waals surface area contributed by atoms with Crippen molar-refractivity contribution in [2.45, 2.75) is 77.6 Å². The summed E-state index contributed by atoms with van der Waals surface area (Å²) in [6.45, 7) is 4.28. The van der Waals surface area contributed by atoms with Gasteiger partial charge in [0.1, 0.15) is 0 Å². The molecule has 0 aliphatic heterocycles. The molecule has 0 rings (SSSR count). The van der Waals surface area contributed by atoms with Crippen molar-refractivity contribution < 1.29 is 19.9 Å². The van der Waals surface area contributed by atoms with Gasteiger partial charge in [-0.25, -0.2) is 5.06 Å². The number of rotatable bonds is 16. The van der Waals surface area contributed by atoms with Gasteiger partial charge in [-0.2, -0.15) is 0 Å². The fraction of sp³-hybridized carbons (Fsp3) is 0.882. The van der Waals surface area contributed by atoms with Crippen LogP contribution in [0, 0.1) is 0 Å². The fourth-order valence-electron chi connectivity index (χ4n) is 2.31. The lowest BCUT2D eigenvalue weighted by Gasteiger charge is -2.13. The molecule has 0 aromatic carbocycles. The van der Waals surface area contributed by atoms with E-state index in [4.69, 9.17) is 5.11 Å². The number of unbranched alkanes of at least 4 members (excludes halogenated alkanes) is 7. The number of carboxylic acids is 1. The number of nitrogens with zero attached hydrogens (tertiary/aromatic N) is 1. The van der Waals surface area contributed by atoms with Crippen LogP contribution in [0.25, 0.3) is 0 Å². The molecule has 0 saturated carbocycles. The summed E-state index contributed by atoms with van der Waals surface area (Å²) in [5.74, 6) is -1.40. The molecule has 0 aromatic rings. The third-order valence-electron chi connectivity index (χ3n) is 3.78. The molecule has 0 aliphatic carbocycles. The van der Waals surface area contributed by atoms with Crippen LogP contribution in [0.4, 0.5) is 0 Å². The zero-order chi connectivity index (χ0) is 17.3. The first-order valence-corrected chi connectivity index (χ1v) is 8.99. The highest BCUT2D eigenvalue weighted by Crippen LogP contribution is 2.08. The summed E-state index contributed by atoms with van der Waals surface area (Å²) in [5.41, 5.74) is 0. The molecule has 0 bridgehead atoms. The van der Waals surface area contributed by atoms with Crippen molar-refractivity contribution in [1.29, 1.82) is 0 Å². The average molecular weight is 367 g/mol. The molecule has 0 unspecified atom stereocenters. The minimum absolute atomic E-state index is 0. The molecule has 0 aromatic heterocycles. The molecule has 0 heterocycles. The Morgan fingerprint density at radius 2 is 1.42 bits per heavy atom. The van der Waals surface area contributed by atoms with Crippen LogP contribution in [0.5, 0.6) is 0 Å². The Bertz CT molecular complexity index is 317. The van der Waals surface area contributed by atoms with E-state index in [1.165, 1.54) is 38.5 Å². The Kier molecular flexibility index (Phi) is 19.6. The summed E-state index contributed by atoms with van der Waals surface area (Å²) in [6, 6.07) is 0. The van der Waals surface area contributed by atoms with E-state index in [-0.39, 0.29) is 37.7 Å². The van der Waals surface area contributed by atoms with Gasteiger partial charge < -0.3 is 10.4 Å². The normalized spacial score (nSPS) is 10.2. The molecule has 0 radical (unpaired) electrons. The van der Waals surface area contributed by atoms with E-state index >= 15 is 0 Å².